The SMILES string of the molecule is CCN(CC)C(CNC(=O)C1CSCN1C(=O)C1CCC1)c1ccco1. The third-order valence-corrected chi connectivity index (χ3v) is 6.53. The highest BCUT2D eigenvalue weighted by Gasteiger charge is 2.39. The van der Waals surface area contributed by atoms with Crippen LogP contribution in [0.3, 0.4) is 0 Å². The highest BCUT2D eigenvalue weighted by atomic mass is 32.2. The van der Waals surface area contributed by atoms with E-state index in [1.165, 1.54) is 0 Å². The van der Waals surface area contributed by atoms with Crippen LogP contribution in [0, 0.1) is 5.92 Å². The summed E-state index contributed by atoms with van der Waals surface area (Å²) in [6.45, 7) is 6.45. The second kappa shape index (κ2) is 8.95. The largest absolute Gasteiger partial charge is 0.468 e. The zero-order valence-corrected chi connectivity index (χ0v) is 16.5. The van der Waals surface area contributed by atoms with Gasteiger partial charge in [0.1, 0.15) is 11.8 Å². The summed E-state index contributed by atoms with van der Waals surface area (Å²) in [6, 6.07) is 3.49. The van der Waals surface area contributed by atoms with Gasteiger partial charge < -0.3 is 14.6 Å². The van der Waals surface area contributed by atoms with Crippen LogP contribution in [-0.4, -0.2) is 58.9 Å². The molecule has 0 bridgehead atoms. The van der Waals surface area contributed by atoms with Crippen molar-refractivity contribution in [1.82, 2.24) is 15.1 Å². The normalized spacial score (nSPS) is 21.7. The van der Waals surface area contributed by atoms with E-state index in [0.717, 1.165) is 38.1 Å². The molecule has 2 amide bonds. The number of nitrogens with zero attached hydrogens (tertiary/aromatic N) is 2. The van der Waals surface area contributed by atoms with Crippen molar-refractivity contribution in [3.63, 3.8) is 0 Å². The number of rotatable bonds is 8. The molecule has 2 fully saturated rings. The summed E-state index contributed by atoms with van der Waals surface area (Å²) in [4.78, 5) is 29.4. The molecule has 3 rings (SSSR count). The summed E-state index contributed by atoms with van der Waals surface area (Å²) in [5.74, 6) is 2.42. The number of hydrogen-bond acceptors (Lipinski definition) is 5. The highest BCUT2D eigenvalue weighted by molar-refractivity contribution is 7.99. The first kappa shape index (κ1) is 19.3. The van der Waals surface area contributed by atoms with E-state index in [0.29, 0.717) is 18.2 Å². The number of furan rings is 1. The second-order valence-corrected chi connectivity index (χ2v) is 7.95. The van der Waals surface area contributed by atoms with Gasteiger partial charge in [-0.2, -0.15) is 0 Å². The second-order valence-electron chi connectivity index (χ2n) is 6.95. The van der Waals surface area contributed by atoms with Gasteiger partial charge >= 0.3 is 0 Å². The lowest BCUT2D eigenvalue weighted by Gasteiger charge is -2.32. The maximum Gasteiger partial charge on any atom is 0.243 e. The number of likely N-dealkylation sites (N-methyl/N-ethyl adjacent to an activating group) is 1. The van der Waals surface area contributed by atoms with Gasteiger partial charge in [0.05, 0.1) is 18.2 Å². The lowest BCUT2D eigenvalue weighted by atomic mass is 9.84. The molecule has 1 aliphatic carbocycles. The number of nitrogens with one attached hydrogen (secondary N) is 1. The van der Waals surface area contributed by atoms with E-state index >= 15 is 0 Å². The van der Waals surface area contributed by atoms with Gasteiger partial charge in [-0.1, -0.05) is 20.3 Å². The third kappa shape index (κ3) is 4.09. The number of carbonyl (C=O) groups is 2. The molecule has 6 nitrogen and oxygen atoms in total. The van der Waals surface area contributed by atoms with Crippen LogP contribution >= 0.6 is 11.8 Å². The van der Waals surface area contributed by atoms with Gasteiger partial charge in [0.15, 0.2) is 0 Å². The molecule has 26 heavy (non-hydrogen) atoms. The maximum atomic E-state index is 12.8. The van der Waals surface area contributed by atoms with Crippen LogP contribution in [0.2, 0.25) is 0 Å². The maximum absolute atomic E-state index is 12.8. The zero-order chi connectivity index (χ0) is 18.5. The van der Waals surface area contributed by atoms with Gasteiger partial charge in [0.25, 0.3) is 0 Å². The van der Waals surface area contributed by atoms with Crippen molar-refractivity contribution in [1.29, 1.82) is 0 Å². The molecule has 0 spiro atoms. The molecule has 2 unspecified atom stereocenters. The molecule has 2 atom stereocenters. The van der Waals surface area contributed by atoms with Gasteiger partial charge in [-0.25, -0.2) is 0 Å². The van der Waals surface area contributed by atoms with Crippen molar-refractivity contribution in [2.75, 3.05) is 31.3 Å². The molecule has 1 saturated heterocycles. The first-order valence-electron chi connectivity index (χ1n) is 9.59. The van der Waals surface area contributed by atoms with Gasteiger partial charge in [-0.05, 0) is 38.1 Å². The van der Waals surface area contributed by atoms with Crippen molar-refractivity contribution in [2.45, 2.75) is 45.2 Å². The Kier molecular flexibility index (Phi) is 6.64. The lowest BCUT2D eigenvalue weighted by molar-refractivity contribution is -0.143. The first-order valence-corrected chi connectivity index (χ1v) is 10.7. The molecular formula is C19H29N3O3S. The first-order chi connectivity index (χ1) is 12.7. The Morgan fingerprint density at radius 2 is 2.15 bits per heavy atom. The van der Waals surface area contributed by atoms with Crippen LogP contribution in [0.25, 0.3) is 0 Å². The summed E-state index contributed by atoms with van der Waals surface area (Å²) in [6.07, 6.45) is 4.73. The van der Waals surface area contributed by atoms with Crippen molar-refractivity contribution >= 4 is 23.6 Å². The number of amides is 2. The van der Waals surface area contributed by atoms with E-state index in [-0.39, 0.29) is 29.8 Å². The Morgan fingerprint density at radius 1 is 1.38 bits per heavy atom. The quantitative estimate of drug-likeness (QED) is 0.752. The summed E-state index contributed by atoms with van der Waals surface area (Å²) < 4.78 is 5.59. The number of carbonyl (C=O) groups excluding carboxylic acids is 2. The van der Waals surface area contributed by atoms with Crippen LogP contribution in [0.15, 0.2) is 22.8 Å². The molecule has 2 aliphatic rings. The van der Waals surface area contributed by atoms with Gasteiger partial charge in [0, 0.05) is 18.2 Å². The third-order valence-electron chi connectivity index (χ3n) is 5.52. The minimum atomic E-state index is -0.345. The summed E-state index contributed by atoms with van der Waals surface area (Å²) in [5, 5.41) is 3.07. The van der Waals surface area contributed by atoms with Crippen LogP contribution in [-0.2, 0) is 9.59 Å². The van der Waals surface area contributed by atoms with E-state index in [4.69, 9.17) is 4.42 Å². The van der Waals surface area contributed by atoms with E-state index < -0.39 is 0 Å². The van der Waals surface area contributed by atoms with Crippen molar-refractivity contribution < 1.29 is 14.0 Å². The van der Waals surface area contributed by atoms with Crippen LogP contribution in [0.4, 0.5) is 0 Å². The fraction of sp³-hybridized carbons (Fsp3) is 0.684. The van der Waals surface area contributed by atoms with E-state index in [1.807, 2.05) is 12.1 Å². The Morgan fingerprint density at radius 3 is 2.73 bits per heavy atom. The molecule has 1 saturated carbocycles. The Hall–Kier alpha value is -1.47. The van der Waals surface area contributed by atoms with Crippen molar-refractivity contribution in [2.24, 2.45) is 5.92 Å². The fourth-order valence-electron chi connectivity index (χ4n) is 3.64. The molecule has 1 aliphatic heterocycles. The summed E-state index contributed by atoms with van der Waals surface area (Å²) in [5.41, 5.74) is 0. The Bertz CT molecular complexity index is 599. The predicted octanol–water partition coefficient (Wildman–Crippen LogP) is 2.48. The molecule has 1 N–H and O–H groups in total. The standard InChI is InChI=1S/C19H29N3O3S/c1-3-21(4-2)15(17-9-6-10-25-17)11-20-18(23)16-12-26-13-22(16)19(24)14-7-5-8-14/h6,9-10,14-16H,3-5,7-8,11-13H2,1-2H3,(H,20,23). The average Bonchev–Trinajstić information content (AvgIpc) is 3.28. The van der Waals surface area contributed by atoms with Crippen LogP contribution in [0.1, 0.15) is 44.9 Å². The predicted molar refractivity (Wildman–Crippen MR) is 103 cm³/mol. The smallest absolute Gasteiger partial charge is 0.243 e. The monoisotopic (exact) mass is 379 g/mol. The van der Waals surface area contributed by atoms with Crippen LogP contribution < -0.4 is 5.32 Å². The van der Waals surface area contributed by atoms with Crippen molar-refractivity contribution in [3.8, 4) is 0 Å². The molecule has 2 heterocycles. The zero-order valence-electron chi connectivity index (χ0n) is 15.6. The van der Waals surface area contributed by atoms with Gasteiger partial charge in [0.2, 0.25) is 11.8 Å². The molecule has 0 radical (unpaired) electrons. The van der Waals surface area contributed by atoms with Crippen LogP contribution in [0.5, 0.6) is 0 Å². The lowest BCUT2D eigenvalue weighted by Crippen LogP contribution is -2.51. The fourth-order valence-corrected chi connectivity index (χ4v) is 4.80. The van der Waals surface area contributed by atoms with Crippen molar-refractivity contribution in [3.05, 3.63) is 24.2 Å². The Labute approximate surface area is 159 Å². The summed E-state index contributed by atoms with van der Waals surface area (Å²) in [7, 11) is 0. The van der Waals surface area contributed by atoms with E-state index in [2.05, 4.69) is 24.1 Å². The molecule has 1 aromatic heterocycles. The topological polar surface area (TPSA) is 65.8 Å². The molecule has 0 aromatic carbocycles. The van der Waals surface area contributed by atoms with Gasteiger partial charge in [-0.15, -0.1) is 11.8 Å². The minimum absolute atomic E-state index is 0.00814. The number of hydrogen-bond donors (Lipinski definition) is 1. The molecule has 1 aromatic rings. The minimum Gasteiger partial charge on any atom is -0.468 e. The van der Waals surface area contributed by atoms with E-state index in [9.17, 15) is 9.59 Å². The highest BCUT2D eigenvalue weighted by Crippen LogP contribution is 2.32. The summed E-state index contributed by atoms with van der Waals surface area (Å²) >= 11 is 1.66. The molecule has 7 heteroatoms. The van der Waals surface area contributed by atoms with Gasteiger partial charge in [-0.3, -0.25) is 14.5 Å². The molecule has 144 valence electrons. The van der Waals surface area contributed by atoms with E-state index in [1.54, 1.807) is 22.9 Å². The molecular weight excluding hydrogens is 350 g/mol. The Balaban J connectivity index is 1.61. The number of thioether (sulfide) groups is 1. The average molecular weight is 380 g/mol.